The summed E-state index contributed by atoms with van der Waals surface area (Å²) >= 11 is 0. The minimum absolute atomic E-state index is 0.308. The van der Waals surface area contributed by atoms with Crippen LogP contribution in [-0.4, -0.2) is 26.7 Å². The summed E-state index contributed by atoms with van der Waals surface area (Å²) in [7, 11) is 1.94. The number of benzene rings is 2. The lowest BCUT2D eigenvalue weighted by molar-refractivity contribution is 0.330. The van der Waals surface area contributed by atoms with Gasteiger partial charge in [0.15, 0.2) is 18.3 Å². The highest BCUT2D eigenvalue weighted by molar-refractivity contribution is 5.77. The molecular weight excluding hydrogens is 381 g/mol. The summed E-state index contributed by atoms with van der Waals surface area (Å²) in [5.74, 6) is -0.0424. The first kappa shape index (κ1) is 18.4. The third-order valence-corrected chi connectivity index (χ3v) is 5.74. The van der Waals surface area contributed by atoms with Crippen molar-refractivity contribution in [3.8, 4) is 28.1 Å². The van der Waals surface area contributed by atoms with Gasteiger partial charge in [-0.2, -0.15) is 10.2 Å². The van der Waals surface area contributed by atoms with Crippen LogP contribution in [0.2, 0.25) is 0 Å². The summed E-state index contributed by atoms with van der Waals surface area (Å²) in [6, 6.07) is 13.4. The fraction of sp³-hybridized carbons (Fsp3) is 0.217. The maximum absolute atomic E-state index is 14.9. The Labute approximate surface area is 173 Å². The van der Waals surface area contributed by atoms with Gasteiger partial charge in [0.2, 0.25) is 0 Å². The molecule has 152 valence electrons. The van der Waals surface area contributed by atoms with Gasteiger partial charge in [0.25, 0.3) is 0 Å². The fourth-order valence-corrected chi connectivity index (χ4v) is 3.99. The lowest BCUT2D eigenvalue weighted by atomic mass is 10.0. The molecule has 0 amide bonds. The molecule has 0 bridgehead atoms. The van der Waals surface area contributed by atoms with Gasteiger partial charge in [-0.1, -0.05) is 18.2 Å². The number of H-pyrrole nitrogens is 1. The van der Waals surface area contributed by atoms with Gasteiger partial charge < -0.3 is 9.64 Å². The predicted molar refractivity (Wildman–Crippen MR) is 114 cm³/mol. The van der Waals surface area contributed by atoms with E-state index in [4.69, 9.17) is 4.74 Å². The number of hydrogen-bond acceptors (Lipinski definition) is 4. The Kier molecular flexibility index (Phi) is 4.31. The van der Waals surface area contributed by atoms with Crippen LogP contribution in [0.15, 0.2) is 48.7 Å². The van der Waals surface area contributed by atoms with Crippen molar-refractivity contribution in [2.45, 2.75) is 20.4 Å². The first-order chi connectivity index (χ1) is 14.5. The second-order valence-corrected chi connectivity index (χ2v) is 7.60. The van der Waals surface area contributed by atoms with Gasteiger partial charge in [-0.05, 0) is 49.2 Å². The van der Waals surface area contributed by atoms with Crippen LogP contribution >= 0.6 is 0 Å². The van der Waals surface area contributed by atoms with Crippen LogP contribution in [-0.2, 0) is 13.6 Å². The maximum atomic E-state index is 14.9. The molecule has 1 aliphatic rings. The van der Waals surface area contributed by atoms with E-state index in [1.54, 1.807) is 6.20 Å². The monoisotopic (exact) mass is 403 g/mol. The van der Waals surface area contributed by atoms with Crippen LogP contribution in [0.3, 0.4) is 0 Å². The first-order valence-electron chi connectivity index (χ1n) is 9.82. The molecule has 6 nitrogen and oxygen atoms in total. The molecule has 7 heteroatoms. The van der Waals surface area contributed by atoms with Gasteiger partial charge in [-0.15, -0.1) is 0 Å². The average molecular weight is 403 g/mol. The molecule has 0 spiro atoms. The molecule has 2 aromatic heterocycles. The summed E-state index contributed by atoms with van der Waals surface area (Å²) in [5.41, 5.74) is 7.65. The molecule has 0 unspecified atom stereocenters. The van der Waals surface area contributed by atoms with E-state index in [-0.39, 0.29) is 5.82 Å². The summed E-state index contributed by atoms with van der Waals surface area (Å²) in [4.78, 5) is 2.05. The Bertz CT molecular complexity index is 1230. The van der Waals surface area contributed by atoms with E-state index in [1.165, 1.54) is 6.07 Å². The number of aromatic nitrogens is 4. The molecule has 0 atom stereocenters. The number of nitrogens with one attached hydrogen (secondary N) is 1. The van der Waals surface area contributed by atoms with E-state index in [9.17, 15) is 4.39 Å². The molecule has 0 saturated carbocycles. The zero-order chi connectivity index (χ0) is 20.8. The number of rotatable bonds is 4. The molecule has 0 fully saturated rings. The summed E-state index contributed by atoms with van der Waals surface area (Å²) in [5, 5.41) is 11.5. The van der Waals surface area contributed by atoms with Crippen molar-refractivity contribution in [2.75, 3.05) is 11.6 Å². The van der Waals surface area contributed by atoms with Crippen molar-refractivity contribution in [2.24, 2.45) is 7.05 Å². The van der Waals surface area contributed by atoms with Crippen molar-refractivity contribution < 1.29 is 9.13 Å². The smallest absolute Gasteiger partial charge is 0.181 e. The highest BCUT2D eigenvalue weighted by Crippen LogP contribution is 2.41. The van der Waals surface area contributed by atoms with Crippen molar-refractivity contribution in [3.63, 3.8) is 0 Å². The first-order valence-corrected chi connectivity index (χ1v) is 9.82. The zero-order valence-electron chi connectivity index (χ0n) is 17.1. The third kappa shape index (κ3) is 3.03. The number of ether oxygens (including phenoxy) is 1. The van der Waals surface area contributed by atoms with Crippen molar-refractivity contribution in [3.05, 3.63) is 71.4 Å². The second-order valence-electron chi connectivity index (χ2n) is 7.60. The molecule has 0 saturated heterocycles. The molecule has 5 rings (SSSR count). The summed E-state index contributed by atoms with van der Waals surface area (Å²) < 4.78 is 22.5. The van der Waals surface area contributed by atoms with Crippen LogP contribution in [0.25, 0.3) is 22.4 Å². The molecule has 1 aliphatic heterocycles. The SMILES string of the molecule is Cc1nn(C)c(C)c1CN1COc2c(F)cc(-c3cccc(-c4ccn[nH]4)c3)cc21. The molecule has 1 N–H and O–H groups in total. The van der Waals surface area contributed by atoms with Gasteiger partial charge in [0.05, 0.1) is 17.1 Å². The van der Waals surface area contributed by atoms with Crippen LogP contribution in [0.1, 0.15) is 17.0 Å². The number of nitrogens with zero attached hydrogens (tertiary/aromatic N) is 4. The van der Waals surface area contributed by atoms with E-state index in [2.05, 4.69) is 20.2 Å². The Morgan fingerprint density at radius 1 is 1.10 bits per heavy atom. The van der Waals surface area contributed by atoms with Crippen molar-refractivity contribution in [1.29, 1.82) is 0 Å². The Morgan fingerprint density at radius 3 is 2.67 bits per heavy atom. The Hall–Kier alpha value is -3.61. The molecule has 4 aromatic rings. The van der Waals surface area contributed by atoms with E-state index >= 15 is 0 Å². The van der Waals surface area contributed by atoms with E-state index in [0.717, 1.165) is 45.0 Å². The van der Waals surface area contributed by atoms with Gasteiger partial charge in [-0.25, -0.2) is 4.39 Å². The van der Waals surface area contributed by atoms with Gasteiger partial charge in [0, 0.05) is 36.6 Å². The minimum atomic E-state index is -0.350. The van der Waals surface area contributed by atoms with Gasteiger partial charge in [-0.3, -0.25) is 9.78 Å². The lowest BCUT2D eigenvalue weighted by Gasteiger charge is -2.18. The molecule has 30 heavy (non-hydrogen) atoms. The van der Waals surface area contributed by atoms with Gasteiger partial charge >= 0.3 is 0 Å². The highest BCUT2D eigenvalue weighted by Gasteiger charge is 2.27. The number of halogens is 1. The van der Waals surface area contributed by atoms with Crippen LogP contribution in [0.4, 0.5) is 10.1 Å². The molecule has 2 aromatic carbocycles. The standard InChI is InChI=1S/C23H22FN5O/c1-14-19(15(2)28(3)27-14)12-29-13-30-23-20(24)10-18(11-22(23)29)16-5-4-6-17(9-16)21-7-8-25-26-21/h4-11H,12-13H2,1-3H3,(H,25,26). The number of anilines is 1. The second kappa shape index (κ2) is 7.02. The molecule has 0 radical (unpaired) electrons. The quantitative estimate of drug-likeness (QED) is 0.541. The van der Waals surface area contributed by atoms with E-state index < -0.39 is 0 Å². The highest BCUT2D eigenvalue weighted by atomic mass is 19.1. The summed E-state index contributed by atoms with van der Waals surface area (Å²) in [6.45, 7) is 4.98. The Morgan fingerprint density at radius 2 is 1.93 bits per heavy atom. The number of hydrogen-bond donors (Lipinski definition) is 1. The van der Waals surface area contributed by atoms with E-state index in [0.29, 0.717) is 19.0 Å². The topological polar surface area (TPSA) is 59.0 Å². The van der Waals surface area contributed by atoms with Crippen LogP contribution in [0.5, 0.6) is 5.75 Å². The van der Waals surface area contributed by atoms with Crippen LogP contribution in [0, 0.1) is 19.7 Å². The fourth-order valence-electron chi connectivity index (χ4n) is 3.99. The zero-order valence-corrected chi connectivity index (χ0v) is 17.1. The lowest BCUT2D eigenvalue weighted by Crippen LogP contribution is -2.22. The maximum Gasteiger partial charge on any atom is 0.181 e. The normalized spacial score (nSPS) is 12.9. The molecule has 3 heterocycles. The number of aryl methyl sites for hydroxylation is 2. The largest absolute Gasteiger partial charge is 0.468 e. The number of fused-ring (bicyclic) bond motifs is 1. The molecule has 0 aliphatic carbocycles. The number of aromatic amines is 1. The summed E-state index contributed by atoms with van der Waals surface area (Å²) in [6.07, 6.45) is 1.72. The van der Waals surface area contributed by atoms with Crippen molar-refractivity contribution >= 4 is 5.69 Å². The van der Waals surface area contributed by atoms with Gasteiger partial charge in [0.1, 0.15) is 0 Å². The van der Waals surface area contributed by atoms with Crippen LogP contribution < -0.4 is 9.64 Å². The van der Waals surface area contributed by atoms with E-state index in [1.807, 2.05) is 62.0 Å². The third-order valence-electron chi connectivity index (χ3n) is 5.74. The molecular formula is C23H22FN5O. The Balaban J connectivity index is 1.53. The predicted octanol–water partition coefficient (Wildman–Crippen LogP) is 4.59. The average Bonchev–Trinajstić information content (AvgIpc) is 3.46. The van der Waals surface area contributed by atoms with Crippen molar-refractivity contribution in [1.82, 2.24) is 20.0 Å². The minimum Gasteiger partial charge on any atom is -0.468 e.